The van der Waals surface area contributed by atoms with E-state index in [9.17, 15) is 10.1 Å². The van der Waals surface area contributed by atoms with Gasteiger partial charge >= 0.3 is 0 Å². The first kappa shape index (κ1) is 21.8. The maximum Gasteiger partial charge on any atom is 0.266 e. The van der Waals surface area contributed by atoms with Crippen LogP contribution in [0.15, 0.2) is 48.0 Å². The second kappa shape index (κ2) is 11.4. The second-order valence-electron chi connectivity index (χ2n) is 6.32. The molecule has 1 amide bonds. The largest absolute Gasteiger partial charge is 0.497 e. The van der Waals surface area contributed by atoms with Crippen LogP contribution in [0.4, 0.5) is 5.69 Å². The Kier molecular flexibility index (Phi) is 8.58. The van der Waals surface area contributed by atoms with Gasteiger partial charge in [-0.25, -0.2) is 0 Å². The second-order valence-corrected chi connectivity index (χ2v) is 6.32. The average molecular weight is 394 g/mol. The molecule has 2 aromatic rings. The normalized spacial score (nSPS) is 10.8. The van der Waals surface area contributed by atoms with Gasteiger partial charge in [0.1, 0.15) is 17.4 Å². The molecule has 0 saturated heterocycles. The van der Waals surface area contributed by atoms with E-state index < -0.39 is 5.91 Å². The first-order valence-electron chi connectivity index (χ1n) is 9.49. The van der Waals surface area contributed by atoms with E-state index in [2.05, 4.69) is 12.2 Å². The molecule has 2 aromatic carbocycles. The molecular formula is C23H26N2O4. The fraction of sp³-hybridized carbons (Fsp3) is 0.304. The van der Waals surface area contributed by atoms with E-state index in [1.165, 1.54) is 6.08 Å². The number of anilines is 1. The fourth-order valence-corrected chi connectivity index (χ4v) is 2.62. The van der Waals surface area contributed by atoms with Crippen LogP contribution in [-0.4, -0.2) is 26.7 Å². The van der Waals surface area contributed by atoms with Crippen molar-refractivity contribution in [3.63, 3.8) is 0 Å². The molecule has 6 heteroatoms. The SMILES string of the molecule is CCCCCOc1ccc(C=C(C#N)C(=O)Nc2ccc(OC)cc2)cc1OC. The first-order valence-corrected chi connectivity index (χ1v) is 9.49. The molecule has 0 saturated carbocycles. The molecule has 0 aliphatic heterocycles. The van der Waals surface area contributed by atoms with Gasteiger partial charge in [0.2, 0.25) is 0 Å². The van der Waals surface area contributed by atoms with Gasteiger partial charge in [-0.2, -0.15) is 5.26 Å². The first-order chi connectivity index (χ1) is 14.1. The third-order valence-corrected chi connectivity index (χ3v) is 4.22. The van der Waals surface area contributed by atoms with E-state index in [-0.39, 0.29) is 5.57 Å². The summed E-state index contributed by atoms with van der Waals surface area (Å²) in [6.45, 7) is 2.76. The van der Waals surface area contributed by atoms with Crippen molar-refractivity contribution in [1.82, 2.24) is 0 Å². The Bertz CT molecular complexity index is 883. The van der Waals surface area contributed by atoms with E-state index in [1.54, 1.807) is 56.7 Å². The zero-order valence-electron chi connectivity index (χ0n) is 17.0. The van der Waals surface area contributed by atoms with E-state index in [1.807, 2.05) is 6.07 Å². The summed E-state index contributed by atoms with van der Waals surface area (Å²) >= 11 is 0. The molecule has 0 radical (unpaired) electrons. The van der Waals surface area contributed by atoms with Gasteiger partial charge in [0.25, 0.3) is 5.91 Å². The highest BCUT2D eigenvalue weighted by atomic mass is 16.5. The maximum atomic E-state index is 12.4. The average Bonchev–Trinajstić information content (AvgIpc) is 2.75. The van der Waals surface area contributed by atoms with Crippen LogP contribution in [0.2, 0.25) is 0 Å². The van der Waals surface area contributed by atoms with Crippen LogP contribution < -0.4 is 19.5 Å². The van der Waals surface area contributed by atoms with Gasteiger partial charge < -0.3 is 19.5 Å². The quantitative estimate of drug-likeness (QED) is 0.355. The molecule has 0 heterocycles. The van der Waals surface area contributed by atoms with Crippen molar-refractivity contribution in [1.29, 1.82) is 5.26 Å². The Morgan fingerprint density at radius 3 is 2.45 bits per heavy atom. The maximum absolute atomic E-state index is 12.4. The number of rotatable bonds is 10. The Hall–Kier alpha value is -3.46. The molecule has 0 fully saturated rings. The van der Waals surface area contributed by atoms with E-state index >= 15 is 0 Å². The van der Waals surface area contributed by atoms with Gasteiger partial charge in [-0.3, -0.25) is 4.79 Å². The van der Waals surface area contributed by atoms with Crippen molar-refractivity contribution in [3.8, 4) is 23.3 Å². The Balaban J connectivity index is 2.12. The number of ether oxygens (including phenoxy) is 3. The summed E-state index contributed by atoms with van der Waals surface area (Å²) in [7, 11) is 3.13. The lowest BCUT2D eigenvalue weighted by Crippen LogP contribution is -2.13. The molecule has 0 bridgehead atoms. The number of nitrogens with zero attached hydrogens (tertiary/aromatic N) is 1. The summed E-state index contributed by atoms with van der Waals surface area (Å²) in [5.74, 6) is 1.39. The van der Waals surface area contributed by atoms with Crippen molar-refractivity contribution in [3.05, 3.63) is 53.6 Å². The summed E-state index contributed by atoms with van der Waals surface area (Å²) in [6, 6.07) is 14.1. The molecule has 0 aliphatic rings. The number of methoxy groups -OCH3 is 2. The molecule has 0 atom stereocenters. The molecule has 0 spiro atoms. The number of hydrogen-bond donors (Lipinski definition) is 1. The van der Waals surface area contributed by atoms with E-state index in [0.29, 0.717) is 35.1 Å². The van der Waals surface area contributed by atoms with Crippen LogP contribution in [0.25, 0.3) is 6.08 Å². The third-order valence-electron chi connectivity index (χ3n) is 4.22. The molecule has 0 aliphatic carbocycles. The lowest BCUT2D eigenvalue weighted by Gasteiger charge is -2.11. The zero-order chi connectivity index (χ0) is 21.1. The lowest BCUT2D eigenvalue weighted by atomic mass is 10.1. The van der Waals surface area contributed by atoms with Crippen LogP contribution >= 0.6 is 0 Å². The summed E-state index contributed by atoms with van der Waals surface area (Å²) in [5.41, 5.74) is 1.23. The Morgan fingerprint density at radius 1 is 1.07 bits per heavy atom. The summed E-state index contributed by atoms with van der Waals surface area (Å²) < 4.78 is 16.2. The standard InChI is InChI=1S/C23H26N2O4/c1-4-5-6-13-29-21-12-7-17(15-22(21)28-3)14-18(16-24)23(26)25-19-8-10-20(27-2)11-9-19/h7-12,14-15H,4-6,13H2,1-3H3,(H,25,26). The highest BCUT2D eigenvalue weighted by Crippen LogP contribution is 2.29. The fourth-order valence-electron chi connectivity index (χ4n) is 2.62. The minimum atomic E-state index is -0.489. The zero-order valence-corrected chi connectivity index (χ0v) is 17.0. The number of carbonyl (C=O) groups is 1. The predicted octanol–water partition coefficient (Wildman–Crippen LogP) is 4.82. The lowest BCUT2D eigenvalue weighted by molar-refractivity contribution is -0.112. The molecule has 29 heavy (non-hydrogen) atoms. The smallest absolute Gasteiger partial charge is 0.266 e. The van der Waals surface area contributed by atoms with Crippen LogP contribution in [0.1, 0.15) is 31.7 Å². The van der Waals surface area contributed by atoms with Crippen LogP contribution in [-0.2, 0) is 4.79 Å². The minimum Gasteiger partial charge on any atom is -0.497 e. The molecule has 1 N–H and O–H groups in total. The number of unbranched alkanes of at least 4 members (excludes halogenated alkanes) is 2. The number of nitriles is 1. The van der Waals surface area contributed by atoms with Gasteiger partial charge in [0, 0.05) is 5.69 Å². The topological polar surface area (TPSA) is 80.6 Å². The minimum absolute atomic E-state index is 0.0144. The summed E-state index contributed by atoms with van der Waals surface area (Å²) in [6.07, 6.45) is 4.73. The summed E-state index contributed by atoms with van der Waals surface area (Å²) in [4.78, 5) is 12.4. The van der Waals surface area contributed by atoms with Crippen molar-refractivity contribution >= 4 is 17.7 Å². The molecule has 2 rings (SSSR count). The monoisotopic (exact) mass is 394 g/mol. The number of benzene rings is 2. The molecule has 152 valence electrons. The van der Waals surface area contributed by atoms with Gasteiger partial charge in [0.05, 0.1) is 20.8 Å². The van der Waals surface area contributed by atoms with Crippen LogP contribution in [0.5, 0.6) is 17.2 Å². The van der Waals surface area contributed by atoms with E-state index in [4.69, 9.17) is 14.2 Å². The van der Waals surface area contributed by atoms with E-state index in [0.717, 1.165) is 19.3 Å². The molecule has 0 aromatic heterocycles. The van der Waals surface area contributed by atoms with Crippen molar-refractivity contribution in [2.45, 2.75) is 26.2 Å². The Morgan fingerprint density at radius 2 is 1.83 bits per heavy atom. The van der Waals surface area contributed by atoms with Crippen molar-refractivity contribution in [2.75, 3.05) is 26.1 Å². The Labute approximate surface area is 171 Å². The third kappa shape index (κ3) is 6.58. The van der Waals surface area contributed by atoms with Crippen molar-refractivity contribution in [2.24, 2.45) is 0 Å². The number of carbonyl (C=O) groups excluding carboxylic acids is 1. The van der Waals surface area contributed by atoms with Gasteiger partial charge in [-0.1, -0.05) is 25.8 Å². The van der Waals surface area contributed by atoms with Crippen molar-refractivity contribution < 1.29 is 19.0 Å². The highest BCUT2D eigenvalue weighted by Gasteiger charge is 2.11. The molecular weight excluding hydrogens is 368 g/mol. The molecule has 0 unspecified atom stereocenters. The number of hydrogen-bond acceptors (Lipinski definition) is 5. The van der Waals surface area contributed by atoms with Gasteiger partial charge in [0.15, 0.2) is 11.5 Å². The number of amides is 1. The number of nitrogens with one attached hydrogen (secondary N) is 1. The van der Waals surface area contributed by atoms with Crippen LogP contribution in [0, 0.1) is 11.3 Å². The van der Waals surface area contributed by atoms with Gasteiger partial charge in [-0.05, 0) is 54.5 Å². The molecule has 6 nitrogen and oxygen atoms in total. The van der Waals surface area contributed by atoms with Gasteiger partial charge in [-0.15, -0.1) is 0 Å². The highest BCUT2D eigenvalue weighted by molar-refractivity contribution is 6.09. The van der Waals surface area contributed by atoms with Crippen LogP contribution in [0.3, 0.4) is 0 Å². The predicted molar refractivity (Wildman–Crippen MR) is 113 cm³/mol. The summed E-state index contributed by atoms with van der Waals surface area (Å²) in [5, 5.41) is 12.1.